The van der Waals surface area contributed by atoms with Crippen molar-refractivity contribution in [3.05, 3.63) is 58.9 Å². The third-order valence-electron chi connectivity index (χ3n) is 5.78. The molecule has 2 unspecified atom stereocenters. The standard InChI is InChI=1S/C23H30N4O5S/c1-23(2,3)32-22(29)26-9-7-25(8-10-26)19-6-4-5-16(11-19)21(28)20-12-17-14-27(33(30)31)15-18(17)13-24-20/h4-6,11-13,21,28H,7-10,14-15H2,1-3H3,(H,30,31). The van der Waals surface area contributed by atoms with Crippen molar-refractivity contribution in [3.8, 4) is 0 Å². The Labute approximate surface area is 196 Å². The van der Waals surface area contributed by atoms with Gasteiger partial charge in [-0.15, -0.1) is 0 Å². The van der Waals surface area contributed by atoms with Crippen LogP contribution in [0.4, 0.5) is 10.5 Å². The molecule has 0 spiro atoms. The second-order valence-electron chi connectivity index (χ2n) is 9.36. The highest BCUT2D eigenvalue weighted by molar-refractivity contribution is 7.76. The number of aliphatic hydroxyl groups is 1. The summed E-state index contributed by atoms with van der Waals surface area (Å²) in [5, 5.41) is 11.0. The first kappa shape index (κ1) is 23.6. The molecule has 0 radical (unpaired) electrons. The molecule has 9 nitrogen and oxygen atoms in total. The van der Waals surface area contributed by atoms with Gasteiger partial charge in [0.2, 0.25) is 11.3 Å². The van der Waals surface area contributed by atoms with Gasteiger partial charge in [0.05, 0.1) is 5.69 Å². The van der Waals surface area contributed by atoms with Gasteiger partial charge in [-0.25, -0.2) is 9.00 Å². The highest BCUT2D eigenvalue weighted by atomic mass is 32.2. The molecule has 1 aromatic heterocycles. The van der Waals surface area contributed by atoms with E-state index in [1.165, 1.54) is 4.31 Å². The van der Waals surface area contributed by atoms with E-state index in [1.807, 2.05) is 45.0 Å². The Morgan fingerprint density at radius 1 is 1.12 bits per heavy atom. The fourth-order valence-corrected chi connectivity index (χ4v) is 4.56. The highest BCUT2D eigenvalue weighted by Gasteiger charge is 2.27. The summed E-state index contributed by atoms with van der Waals surface area (Å²) in [7, 11) is 0. The van der Waals surface area contributed by atoms with E-state index in [-0.39, 0.29) is 6.09 Å². The number of aliphatic hydroxyl groups excluding tert-OH is 1. The minimum absolute atomic E-state index is 0.294. The molecular weight excluding hydrogens is 444 g/mol. The Hall–Kier alpha value is -2.53. The average Bonchev–Trinajstić information content (AvgIpc) is 3.21. The zero-order valence-electron chi connectivity index (χ0n) is 19.1. The van der Waals surface area contributed by atoms with E-state index in [0.717, 1.165) is 22.4 Å². The van der Waals surface area contributed by atoms with Crippen LogP contribution in [0.2, 0.25) is 0 Å². The highest BCUT2D eigenvalue weighted by Crippen LogP contribution is 2.29. The summed E-state index contributed by atoms with van der Waals surface area (Å²) in [5.74, 6) is 0. The maximum atomic E-state index is 12.3. The number of hydrogen-bond donors (Lipinski definition) is 2. The van der Waals surface area contributed by atoms with E-state index < -0.39 is 23.0 Å². The third-order valence-corrected chi connectivity index (χ3v) is 6.48. The lowest BCUT2D eigenvalue weighted by molar-refractivity contribution is 0.0240. The smallest absolute Gasteiger partial charge is 0.410 e. The maximum absolute atomic E-state index is 12.3. The Kier molecular flexibility index (Phi) is 6.71. The molecule has 1 saturated heterocycles. The van der Waals surface area contributed by atoms with E-state index in [2.05, 4.69) is 9.88 Å². The van der Waals surface area contributed by atoms with Crippen molar-refractivity contribution in [1.82, 2.24) is 14.2 Å². The van der Waals surface area contributed by atoms with Gasteiger partial charge in [0.1, 0.15) is 11.7 Å². The summed E-state index contributed by atoms with van der Waals surface area (Å²) < 4.78 is 27.6. The van der Waals surface area contributed by atoms with Crippen molar-refractivity contribution in [1.29, 1.82) is 0 Å². The molecular formula is C23H30N4O5S. The molecule has 4 rings (SSSR count). The first-order valence-electron chi connectivity index (χ1n) is 11.0. The van der Waals surface area contributed by atoms with Crippen molar-refractivity contribution in [2.75, 3.05) is 31.1 Å². The summed E-state index contributed by atoms with van der Waals surface area (Å²) in [6, 6.07) is 9.49. The minimum atomic E-state index is -2.03. The molecule has 2 N–H and O–H groups in total. The summed E-state index contributed by atoms with van der Waals surface area (Å²) in [6.07, 6.45) is 0.463. The van der Waals surface area contributed by atoms with Gasteiger partial charge in [-0.3, -0.25) is 9.54 Å². The number of carbonyl (C=O) groups excluding carboxylic acids is 1. The van der Waals surface area contributed by atoms with E-state index in [9.17, 15) is 18.7 Å². The lowest BCUT2D eigenvalue weighted by atomic mass is 10.0. The van der Waals surface area contributed by atoms with Gasteiger partial charge in [-0.2, -0.15) is 4.31 Å². The van der Waals surface area contributed by atoms with Gasteiger partial charge in [0.15, 0.2) is 0 Å². The van der Waals surface area contributed by atoms with Gasteiger partial charge in [-0.1, -0.05) is 12.1 Å². The number of benzene rings is 1. The van der Waals surface area contributed by atoms with Crippen LogP contribution in [0.1, 0.15) is 49.3 Å². The molecule has 2 aliphatic rings. The summed E-state index contributed by atoms with van der Waals surface area (Å²) >= 11 is -2.03. The van der Waals surface area contributed by atoms with Crippen LogP contribution in [0.5, 0.6) is 0 Å². The number of hydrogen-bond acceptors (Lipinski definition) is 6. The molecule has 33 heavy (non-hydrogen) atoms. The topological polar surface area (TPSA) is 106 Å². The van der Waals surface area contributed by atoms with E-state index >= 15 is 0 Å². The van der Waals surface area contributed by atoms with Gasteiger partial charge in [0, 0.05) is 51.2 Å². The molecule has 0 aliphatic carbocycles. The summed E-state index contributed by atoms with van der Waals surface area (Å²) in [4.78, 5) is 20.6. The lowest BCUT2D eigenvalue weighted by Gasteiger charge is -2.37. The second-order valence-corrected chi connectivity index (χ2v) is 10.3. The monoisotopic (exact) mass is 474 g/mol. The zero-order valence-corrected chi connectivity index (χ0v) is 19.9. The van der Waals surface area contributed by atoms with Crippen molar-refractivity contribution in [2.24, 2.45) is 0 Å². The van der Waals surface area contributed by atoms with Crippen LogP contribution in [0.25, 0.3) is 0 Å². The molecule has 2 atom stereocenters. The third kappa shape index (κ3) is 5.52. The SMILES string of the molecule is CC(C)(C)OC(=O)N1CCN(c2cccc(C(O)c3cc4c(cn3)CN(S(=O)O)C4)c2)CC1. The van der Waals surface area contributed by atoms with Crippen LogP contribution in [-0.2, 0) is 29.1 Å². The molecule has 2 aliphatic heterocycles. The van der Waals surface area contributed by atoms with Crippen LogP contribution in [0.3, 0.4) is 0 Å². The van der Waals surface area contributed by atoms with Crippen LogP contribution in [0.15, 0.2) is 36.5 Å². The fourth-order valence-electron chi connectivity index (χ4n) is 4.07. The number of pyridine rings is 1. The second kappa shape index (κ2) is 9.38. The molecule has 10 heteroatoms. The van der Waals surface area contributed by atoms with Gasteiger partial charge in [0.25, 0.3) is 0 Å². The number of ether oxygens (including phenoxy) is 1. The Morgan fingerprint density at radius 2 is 1.82 bits per heavy atom. The first-order chi connectivity index (χ1) is 15.6. The maximum Gasteiger partial charge on any atom is 0.410 e. The fraction of sp³-hybridized carbons (Fsp3) is 0.478. The number of nitrogens with zero attached hydrogens (tertiary/aromatic N) is 4. The minimum Gasteiger partial charge on any atom is -0.444 e. The molecule has 2 aromatic rings. The Balaban J connectivity index is 1.42. The molecule has 178 valence electrons. The van der Waals surface area contributed by atoms with Gasteiger partial charge >= 0.3 is 6.09 Å². The van der Waals surface area contributed by atoms with Crippen LogP contribution in [-0.4, -0.2) is 65.9 Å². The molecule has 1 amide bonds. The van der Waals surface area contributed by atoms with Crippen LogP contribution >= 0.6 is 0 Å². The zero-order chi connectivity index (χ0) is 23.8. The number of amides is 1. The van der Waals surface area contributed by atoms with Gasteiger partial charge < -0.3 is 19.6 Å². The number of aromatic nitrogens is 1. The van der Waals surface area contributed by atoms with E-state index in [0.29, 0.717) is 45.0 Å². The van der Waals surface area contributed by atoms with E-state index in [4.69, 9.17) is 4.74 Å². The summed E-state index contributed by atoms with van der Waals surface area (Å²) in [5.41, 5.74) is 3.47. The molecule has 1 aromatic carbocycles. The number of carbonyl (C=O) groups is 1. The predicted octanol–water partition coefficient (Wildman–Crippen LogP) is 2.67. The molecule has 0 bridgehead atoms. The van der Waals surface area contributed by atoms with Crippen molar-refractivity contribution in [3.63, 3.8) is 0 Å². The van der Waals surface area contributed by atoms with E-state index in [1.54, 1.807) is 17.2 Å². The molecule has 3 heterocycles. The first-order valence-corrected chi connectivity index (χ1v) is 12.0. The normalized spacial score (nSPS) is 18.7. The lowest BCUT2D eigenvalue weighted by Crippen LogP contribution is -2.50. The quantitative estimate of drug-likeness (QED) is 0.656. The van der Waals surface area contributed by atoms with Crippen molar-refractivity contribution in [2.45, 2.75) is 45.6 Å². The summed E-state index contributed by atoms with van der Waals surface area (Å²) in [6.45, 7) is 8.77. The van der Waals surface area contributed by atoms with Gasteiger partial charge in [-0.05, 0) is 55.7 Å². The largest absolute Gasteiger partial charge is 0.444 e. The van der Waals surface area contributed by atoms with Crippen molar-refractivity contribution < 1.29 is 23.4 Å². The average molecular weight is 475 g/mol. The number of fused-ring (bicyclic) bond motifs is 1. The van der Waals surface area contributed by atoms with Crippen LogP contribution < -0.4 is 4.90 Å². The molecule has 0 saturated carbocycles. The number of anilines is 1. The number of rotatable bonds is 4. The van der Waals surface area contributed by atoms with Crippen molar-refractivity contribution >= 4 is 23.0 Å². The number of piperazine rings is 1. The Bertz CT molecular complexity index is 1050. The molecule has 1 fully saturated rings. The van der Waals surface area contributed by atoms with Crippen LogP contribution in [0, 0.1) is 0 Å². The Morgan fingerprint density at radius 3 is 2.48 bits per heavy atom. The predicted molar refractivity (Wildman–Crippen MR) is 125 cm³/mol.